The van der Waals surface area contributed by atoms with Gasteiger partial charge in [0.25, 0.3) is 11.8 Å². The molecular weight excluding hydrogens is 536 g/mol. The van der Waals surface area contributed by atoms with E-state index >= 15 is 0 Å². The van der Waals surface area contributed by atoms with E-state index in [4.69, 9.17) is 14.5 Å². The number of nitrogens with one attached hydrogen (secondary N) is 1. The fraction of sp³-hybridized carbons (Fsp3) is 0.281. The topological polar surface area (TPSA) is 84.0 Å². The largest absolute Gasteiger partial charge is 0.497 e. The molecule has 2 aromatic heterocycles. The molecule has 4 heterocycles. The second-order valence-corrected chi connectivity index (χ2v) is 11.6. The van der Waals surface area contributed by atoms with Crippen molar-refractivity contribution in [1.82, 2.24) is 10.3 Å². The number of anilines is 2. The third kappa shape index (κ3) is 5.02. The number of aromatic nitrogens is 1. The predicted molar refractivity (Wildman–Crippen MR) is 159 cm³/mol. The fourth-order valence-electron chi connectivity index (χ4n) is 5.45. The molecule has 4 aromatic rings. The Morgan fingerprint density at radius 3 is 2.76 bits per heavy atom. The lowest BCUT2D eigenvalue weighted by molar-refractivity contribution is 0.0952. The number of hydrogen-bond donors (Lipinski definition) is 1. The Morgan fingerprint density at radius 2 is 1.90 bits per heavy atom. The van der Waals surface area contributed by atoms with Crippen LogP contribution in [-0.2, 0) is 13.0 Å². The first-order valence-electron chi connectivity index (χ1n) is 13.9. The molecule has 0 spiro atoms. The molecule has 3 aliphatic rings. The molecule has 0 atom stereocenters. The number of nitrogens with zero attached hydrogens (tertiary/aromatic N) is 3. The number of carbonyl (C=O) groups is 2. The van der Waals surface area contributed by atoms with Gasteiger partial charge < -0.3 is 24.6 Å². The van der Waals surface area contributed by atoms with E-state index in [0.717, 1.165) is 62.3 Å². The lowest BCUT2D eigenvalue weighted by Crippen LogP contribution is -2.34. The predicted octanol–water partition coefficient (Wildman–Crippen LogP) is 5.31. The molecule has 1 N–H and O–H groups in total. The molecule has 1 aliphatic carbocycles. The number of methoxy groups -OCH3 is 1. The minimum atomic E-state index is -0.144. The number of pyridine rings is 1. The minimum Gasteiger partial charge on any atom is -0.497 e. The number of carbonyl (C=O) groups excluding carboxylic acids is 2. The van der Waals surface area contributed by atoms with Crippen LogP contribution in [0.1, 0.15) is 44.1 Å². The zero-order valence-corrected chi connectivity index (χ0v) is 23.6. The number of rotatable bonds is 5. The summed E-state index contributed by atoms with van der Waals surface area (Å²) in [5, 5.41) is 3.10. The van der Waals surface area contributed by atoms with Gasteiger partial charge in [0.15, 0.2) is 0 Å². The van der Waals surface area contributed by atoms with Crippen molar-refractivity contribution in [3.8, 4) is 21.9 Å². The maximum atomic E-state index is 14.0. The van der Waals surface area contributed by atoms with Crippen LogP contribution >= 0.6 is 11.3 Å². The van der Waals surface area contributed by atoms with Gasteiger partial charge in [-0.1, -0.05) is 24.3 Å². The number of hydrogen-bond acceptors (Lipinski definition) is 7. The Hall–Kier alpha value is -4.37. The van der Waals surface area contributed by atoms with Crippen LogP contribution in [0.2, 0.25) is 0 Å². The monoisotopic (exact) mass is 566 g/mol. The van der Waals surface area contributed by atoms with Crippen molar-refractivity contribution in [3.05, 3.63) is 88.4 Å². The first-order chi connectivity index (χ1) is 20.1. The highest BCUT2D eigenvalue weighted by molar-refractivity contribution is 7.17. The van der Waals surface area contributed by atoms with Gasteiger partial charge in [0, 0.05) is 35.1 Å². The molecule has 0 bridgehead atoms. The van der Waals surface area contributed by atoms with E-state index in [9.17, 15) is 9.59 Å². The maximum Gasteiger partial charge on any atom is 0.276 e. The van der Waals surface area contributed by atoms with E-state index in [-0.39, 0.29) is 11.8 Å². The molecule has 41 heavy (non-hydrogen) atoms. The van der Waals surface area contributed by atoms with Gasteiger partial charge in [-0.2, -0.15) is 0 Å². The highest BCUT2D eigenvalue weighted by atomic mass is 32.1. The molecule has 208 valence electrons. The lowest BCUT2D eigenvalue weighted by Gasteiger charge is -2.24. The molecule has 2 aromatic carbocycles. The summed E-state index contributed by atoms with van der Waals surface area (Å²) >= 11 is 1.51. The highest BCUT2D eigenvalue weighted by Gasteiger charge is 2.30. The van der Waals surface area contributed by atoms with E-state index in [1.54, 1.807) is 13.2 Å². The Bertz CT molecular complexity index is 1650. The first-order valence-corrected chi connectivity index (χ1v) is 14.8. The third-order valence-corrected chi connectivity index (χ3v) is 8.97. The van der Waals surface area contributed by atoms with Crippen LogP contribution in [0, 0.1) is 0 Å². The summed E-state index contributed by atoms with van der Waals surface area (Å²) < 4.78 is 11.4. The minimum absolute atomic E-state index is 0.00279. The van der Waals surface area contributed by atoms with Crippen LogP contribution < -0.4 is 24.6 Å². The number of amides is 2. The van der Waals surface area contributed by atoms with Gasteiger partial charge in [0.1, 0.15) is 29.6 Å². The van der Waals surface area contributed by atoms with Crippen molar-refractivity contribution in [2.45, 2.75) is 31.8 Å². The number of para-hydroxylation sites is 1. The van der Waals surface area contributed by atoms with Crippen molar-refractivity contribution in [2.24, 2.45) is 0 Å². The van der Waals surface area contributed by atoms with Crippen LogP contribution in [-0.4, -0.2) is 49.6 Å². The second-order valence-electron chi connectivity index (χ2n) is 10.6. The van der Waals surface area contributed by atoms with Gasteiger partial charge in [0.2, 0.25) is 0 Å². The number of thiophene rings is 1. The number of benzene rings is 2. The number of fused-ring (bicyclic) bond motifs is 4. The molecule has 8 nitrogen and oxygen atoms in total. The summed E-state index contributed by atoms with van der Waals surface area (Å²) in [5.41, 5.74) is 4.30. The van der Waals surface area contributed by atoms with Crippen molar-refractivity contribution in [1.29, 1.82) is 0 Å². The van der Waals surface area contributed by atoms with Crippen molar-refractivity contribution in [3.63, 3.8) is 0 Å². The van der Waals surface area contributed by atoms with Crippen molar-refractivity contribution >= 4 is 34.7 Å². The highest BCUT2D eigenvalue weighted by Crippen LogP contribution is 2.42. The third-order valence-electron chi connectivity index (χ3n) is 7.76. The normalized spacial score (nSPS) is 15.9. The zero-order chi connectivity index (χ0) is 27.9. The van der Waals surface area contributed by atoms with Crippen LogP contribution in [0.4, 0.5) is 11.5 Å². The SMILES string of the molecule is COc1ccc2c(c1)CN(c1cccc(C(=O)N3CCc4cc(C(=O)NC5CC5)sc4-c4ccccc43)n1)CCO2. The Morgan fingerprint density at radius 1 is 1.02 bits per heavy atom. The average Bonchev–Trinajstić information content (AvgIpc) is 3.78. The Balaban J connectivity index is 1.17. The zero-order valence-electron chi connectivity index (χ0n) is 22.8. The molecule has 7 rings (SSSR count). The molecule has 1 fully saturated rings. The van der Waals surface area contributed by atoms with E-state index < -0.39 is 0 Å². The smallest absolute Gasteiger partial charge is 0.276 e. The van der Waals surface area contributed by atoms with Crippen molar-refractivity contribution in [2.75, 3.05) is 36.6 Å². The molecule has 1 saturated carbocycles. The van der Waals surface area contributed by atoms with Gasteiger partial charge in [-0.15, -0.1) is 11.3 Å². The Kier molecular flexibility index (Phi) is 6.59. The first kappa shape index (κ1) is 25.6. The molecule has 0 radical (unpaired) electrons. The second kappa shape index (κ2) is 10.6. The Labute approximate surface area is 242 Å². The van der Waals surface area contributed by atoms with Crippen LogP contribution in [0.3, 0.4) is 0 Å². The van der Waals surface area contributed by atoms with Gasteiger partial charge in [-0.3, -0.25) is 9.59 Å². The molecule has 0 saturated heterocycles. The summed E-state index contributed by atoms with van der Waals surface area (Å²) in [5.74, 6) is 2.19. The van der Waals surface area contributed by atoms with Crippen LogP contribution in [0.25, 0.3) is 10.4 Å². The van der Waals surface area contributed by atoms with Gasteiger partial charge >= 0.3 is 0 Å². The average molecular weight is 567 g/mol. The number of ether oxygens (including phenoxy) is 2. The summed E-state index contributed by atoms with van der Waals surface area (Å²) in [6.45, 7) is 2.26. The van der Waals surface area contributed by atoms with Gasteiger partial charge in [-0.05, 0) is 67.3 Å². The molecule has 9 heteroatoms. The molecule has 0 unspecified atom stereocenters. The summed E-state index contributed by atoms with van der Waals surface area (Å²) in [7, 11) is 1.65. The molecular formula is C32H30N4O4S. The summed E-state index contributed by atoms with van der Waals surface area (Å²) in [6, 6.07) is 21.7. The maximum absolute atomic E-state index is 14.0. The van der Waals surface area contributed by atoms with Crippen LogP contribution in [0.5, 0.6) is 11.5 Å². The molecule has 2 aliphatic heterocycles. The summed E-state index contributed by atoms with van der Waals surface area (Å²) in [6.07, 6.45) is 2.77. The van der Waals surface area contributed by atoms with E-state index in [0.29, 0.717) is 44.4 Å². The van der Waals surface area contributed by atoms with Gasteiger partial charge in [-0.25, -0.2) is 4.98 Å². The van der Waals surface area contributed by atoms with Crippen molar-refractivity contribution < 1.29 is 19.1 Å². The fourth-order valence-corrected chi connectivity index (χ4v) is 6.60. The van der Waals surface area contributed by atoms with E-state index in [2.05, 4.69) is 10.2 Å². The molecule has 2 amide bonds. The van der Waals surface area contributed by atoms with E-state index in [1.807, 2.05) is 65.6 Å². The lowest BCUT2D eigenvalue weighted by atomic mass is 10.1. The van der Waals surface area contributed by atoms with Crippen LogP contribution in [0.15, 0.2) is 66.7 Å². The van der Waals surface area contributed by atoms with E-state index in [1.165, 1.54) is 11.3 Å². The summed E-state index contributed by atoms with van der Waals surface area (Å²) in [4.78, 5) is 37.4. The quantitative estimate of drug-likeness (QED) is 0.353. The van der Waals surface area contributed by atoms with Gasteiger partial charge in [0.05, 0.1) is 24.2 Å². The standard InChI is InChI=1S/C32H30N4O4S/c1-39-23-11-12-27-21(17-23)19-35(15-16-40-27)29-8-4-6-25(34-29)32(38)36-14-13-20-18-28(31(37)33-22-9-10-22)41-30(20)24-5-2-3-7-26(24)36/h2-8,11-12,17-18,22H,9-10,13-16,19H2,1H3,(H,33,37).